The molecule has 1 saturated carbocycles. The highest BCUT2D eigenvalue weighted by atomic mass is 15.2. The van der Waals surface area contributed by atoms with Crippen molar-refractivity contribution in [3.8, 4) is 0 Å². The Morgan fingerprint density at radius 1 is 1.06 bits per heavy atom. The molecule has 1 unspecified atom stereocenters. The third-order valence-electron chi connectivity index (χ3n) is 3.92. The van der Waals surface area contributed by atoms with Crippen molar-refractivity contribution in [3.63, 3.8) is 0 Å². The van der Waals surface area contributed by atoms with Gasteiger partial charge in [0.05, 0.1) is 0 Å². The molecule has 0 radical (unpaired) electrons. The number of hydrogen-bond donors (Lipinski definition) is 1. The van der Waals surface area contributed by atoms with Crippen LogP contribution in [-0.4, -0.2) is 24.0 Å². The van der Waals surface area contributed by atoms with E-state index in [0.29, 0.717) is 0 Å². The summed E-state index contributed by atoms with van der Waals surface area (Å²) in [5.74, 6) is 0.731. The van der Waals surface area contributed by atoms with Gasteiger partial charge in [0, 0.05) is 18.3 Å². The van der Waals surface area contributed by atoms with Crippen LogP contribution >= 0.6 is 0 Å². The van der Waals surface area contributed by atoms with E-state index in [-0.39, 0.29) is 0 Å². The number of nitrogens with zero attached hydrogens (tertiary/aromatic N) is 1. The van der Waals surface area contributed by atoms with Crippen molar-refractivity contribution >= 4 is 5.69 Å². The molecule has 1 heterocycles. The molecule has 1 aromatic carbocycles. The summed E-state index contributed by atoms with van der Waals surface area (Å²) in [4.78, 5) is 2.69. The summed E-state index contributed by atoms with van der Waals surface area (Å²) in [6, 6.07) is 9.39. The number of piperidine rings is 1. The maximum absolute atomic E-state index is 5.73. The van der Waals surface area contributed by atoms with E-state index >= 15 is 0 Å². The second kappa shape index (κ2) is 4.10. The molecule has 2 fully saturated rings. The van der Waals surface area contributed by atoms with Gasteiger partial charge in [0.15, 0.2) is 0 Å². The normalized spacial score (nSPS) is 26.9. The zero-order valence-electron chi connectivity index (χ0n) is 9.73. The van der Waals surface area contributed by atoms with E-state index in [1.807, 2.05) is 12.1 Å². The molecule has 86 valence electrons. The molecular formula is C14H20N2. The Bertz CT molecular complexity index is 354. The number of likely N-dealkylation sites (tertiary alicyclic amines) is 1. The number of hydrogen-bond acceptors (Lipinski definition) is 2. The highest BCUT2D eigenvalue weighted by Crippen LogP contribution is 2.34. The molecule has 0 bridgehead atoms. The maximum Gasteiger partial charge on any atom is 0.0314 e. The third kappa shape index (κ3) is 2.07. The lowest BCUT2D eigenvalue weighted by Gasteiger charge is -2.33. The average Bonchev–Trinajstić information content (AvgIpc) is 3.14. The molecule has 2 nitrogen and oxygen atoms in total. The van der Waals surface area contributed by atoms with Crippen LogP contribution in [0.1, 0.15) is 37.2 Å². The van der Waals surface area contributed by atoms with Gasteiger partial charge in [-0.1, -0.05) is 12.1 Å². The van der Waals surface area contributed by atoms with E-state index in [2.05, 4.69) is 17.0 Å². The quantitative estimate of drug-likeness (QED) is 0.770. The molecule has 2 N–H and O–H groups in total. The average molecular weight is 216 g/mol. The molecule has 3 rings (SSSR count). The summed E-state index contributed by atoms with van der Waals surface area (Å²) in [6.07, 6.45) is 5.54. The van der Waals surface area contributed by atoms with Gasteiger partial charge in [0.2, 0.25) is 0 Å². The second-order valence-electron chi connectivity index (χ2n) is 5.23. The van der Waals surface area contributed by atoms with Crippen LogP contribution in [0.15, 0.2) is 24.3 Å². The molecule has 1 aliphatic carbocycles. The molecule has 1 saturated heterocycles. The molecule has 2 heteroatoms. The summed E-state index contributed by atoms with van der Waals surface area (Å²) in [7, 11) is 0. The maximum atomic E-state index is 5.73. The molecule has 16 heavy (non-hydrogen) atoms. The largest absolute Gasteiger partial charge is 0.399 e. The number of anilines is 1. The van der Waals surface area contributed by atoms with Gasteiger partial charge in [0.1, 0.15) is 0 Å². The van der Waals surface area contributed by atoms with E-state index in [4.69, 9.17) is 5.73 Å². The van der Waals surface area contributed by atoms with Gasteiger partial charge < -0.3 is 5.73 Å². The second-order valence-corrected chi connectivity index (χ2v) is 5.23. The lowest BCUT2D eigenvalue weighted by Crippen LogP contribution is -2.35. The van der Waals surface area contributed by atoms with Crippen LogP contribution in [0.2, 0.25) is 0 Å². The van der Waals surface area contributed by atoms with Crippen molar-refractivity contribution < 1.29 is 0 Å². The minimum atomic E-state index is 0.731. The van der Waals surface area contributed by atoms with Crippen LogP contribution in [-0.2, 0) is 0 Å². The fraction of sp³-hybridized carbons (Fsp3) is 0.571. The van der Waals surface area contributed by atoms with Crippen molar-refractivity contribution in [1.82, 2.24) is 4.90 Å². The molecule has 1 aliphatic heterocycles. The van der Waals surface area contributed by atoms with Crippen molar-refractivity contribution in [3.05, 3.63) is 29.8 Å². The van der Waals surface area contributed by atoms with Crippen molar-refractivity contribution in [2.24, 2.45) is 0 Å². The van der Waals surface area contributed by atoms with Crippen LogP contribution in [0.25, 0.3) is 0 Å². The van der Waals surface area contributed by atoms with Gasteiger partial charge in [-0.15, -0.1) is 0 Å². The summed E-state index contributed by atoms with van der Waals surface area (Å²) in [5.41, 5.74) is 8.08. The molecular weight excluding hydrogens is 196 g/mol. The van der Waals surface area contributed by atoms with Crippen LogP contribution in [0.5, 0.6) is 0 Å². The van der Waals surface area contributed by atoms with Gasteiger partial charge >= 0.3 is 0 Å². The van der Waals surface area contributed by atoms with Crippen LogP contribution in [0.4, 0.5) is 5.69 Å². The highest BCUT2D eigenvalue weighted by Gasteiger charge is 2.32. The van der Waals surface area contributed by atoms with Crippen LogP contribution in [0, 0.1) is 0 Å². The molecule has 2 aliphatic rings. The Hall–Kier alpha value is -1.02. The first-order valence-electron chi connectivity index (χ1n) is 6.42. The van der Waals surface area contributed by atoms with Crippen LogP contribution < -0.4 is 5.73 Å². The first kappa shape index (κ1) is 10.2. The summed E-state index contributed by atoms with van der Waals surface area (Å²) >= 11 is 0. The van der Waals surface area contributed by atoms with E-state index in [0.717, 1.165) is 17.6 Å². The van der Waals surface area contributed by atoms with Crippen molar-refractivity contribution in [2.45, 2.75) is 37.6 Å². The number of rotatable bonds is 2. The highest BCUT2D eigenvalue weighted by molar-refractivity contribution is 5.40. The number of benzene rings is 1. The lowest BCUT2D eigenvalue weighted by molar-refractivity contribution is 0.199. The molecule has 0 aromatic heterocycles. The van der Waals surface area contributed by atoms with Gasteiger partial charge in [-0.2, -0.15) is 0 Å². The third-order valence-corrected chi connectivity index (χ3v) is 3.92. The summed E-state index contributed by atoms with van der Waals surface area (Å²) in [5, 5.41) is 0. The Balaban J connectivity index is 1.71. The summed E-state index contributed by atoms with van der Waals surface area (Å²) in [6.45, 7) is 2.57. The van der Waals surface area contributed by atoms with Gasteiger partial charge in [0.25, 0.3) is 0 Å². The van der Waals surface area contributed by atoms with Gasteiger partial charge in [-0.25, -0.2) is 0 Å². The Morgan fingerprint density at radius 2 is 1.81 bits per heavy atom. The van der Waals surface area contributed by atoms with E-state index in [1.54, 1.807) is 0 Å². The first-order chi connectivity index (χ1) is 7.83. The number of nitrogens with two attached hydrogens (primary N) is 1. The van der Waals surface area contributed by atoms with Crippen LogP contribution in [0.3, 0.4) is 0 Å². The standard InChI is InChI=1S/C14H20N2/c15-13-5-3-11(4-6-13)12-2-1-9-16(10-12)14-7-8-14/h3-6,12,14H,1-2,7-10,15H2. The predicted octanol–water partition coefficient (Wildman–Crippen LogP) is 2.61. The van der Waals surface area contributed by atoms with Gasteiger partial charge in [-0.05, 0) is 55.8 Å². The smallest absolute Gasteiger partial charge is 0.0314 e. The molecule has 0 spiro atoms. The Kier molecular flexibility index (Phi) is 2.60. The summed E-state index contributed by atoms with van der Waals surface area (Å²) < 4.78 is 0. The molecule has 1 aromatic rings. The fourth-order valence-corrected chi connectivity index (χ4v) is 2.82. The fourth-order valence-electron chi connectivity index (χ4n) is 2.82. The van der Waals surface area contributed by atoms with Crippen molar-refractivity contribution in [2.75, 3.05) is 18.8 Å². The topological polar surface area (TPSA) is 29.3 Å². The Labute approximate surface area is 97.4 Å². The molecule has 0 amide bonds. The van der Waals surface area contributed by atoms with Gasteiger partial charge in [-0.3, -0.25) is 4.90 Å². The Morgan fingerprint density at radius 3 is 2.50 bits per heavy atom. The van der Waals surface area contributed by atoms with E-state index < -0.39 is 0 Å². The lowest BCUT2D eigenvalue weighted by atomic mass is 9.90. The minimum absolute atomic E-state index is 0.731. The predicted molar refractivity (Wildman–Crippen MR) is 67.4 cm³/mol. The zero-order valence-corrected chi connectivity index (χ0v) is 9.73. The van der Waals surface area contributed by atoms with E-state index in [9.17, 15) is 0 Å². The minimum Gasteiger partial charge on any atom is -0.399 e. The monoisotopic (exact) mass is 216 g/mol. The SMILES string of the molecule is Nc1ccc(C2CCCN(C3CC3)C2)cc1. The zero-order chi connectivity index (χ0) is 11.0. The number of nitrogen functional groups attached to an aromatic ring is 1. The van der Waals surface area contributed by atoms with E-state index in [1.165, 1.54) is 44.3 Å². The molecule has 1 atom stereocenters. The first-order valence-corrected chi connectivity index (χ1v) is 6.42. The van der Waals surface area contributed by atoms with Crippen molar-refractivity contribution in [1.29, 1.82) is 0 Å².